The first-order valence-corrected chi connectivity index (χ1v) is 6.30. The van der Waals surface area contributed by atoms with Crippen LogP contribution in [0.25, 0.3) is 0 Å². The van der Waals surface area contributed by atoms with Gasteiger partial charge in [-0.1, -0.05) is 30.3 Å². The second-order valence-corrected chi connectivity index (χ2v) is 4.73. The van der Waals surface area contributed by atoms with Crippen LogP contribution in [0, 0.1) is 20.8 Å². The van der Waals surface area contributed by atoms with Gasteiger partial charge in [0.2, 0.25) is 0 Å². The molecule has 19 heavy (non-hydrogen) atoms. The van der Waals surface area contributed by atoms with Gasteiger partial charge in [-0.05, 0) is 43.5 Å². The molecule has 2 heteroatoms. The quantitative estimate of drug-likeness (QED) is 0.778. The van der Waals surface area contributed by atoms with Crippen LogP contribution in [-0.4, -0.2) is 12.9 Å². The van der Waals surface area contributed by atoms with Crippen molar-refractivity contribution in [3.63, 3.8) is 0 Å². The first-order chi connectivity index (χ1) is 9.06. The summed E-state index contributed by atoms with van der Waals surface area (Å²) < 4.78 is 5.42. The normalized spacial score (nSPS) is 10.3. The van der Waals surface area contributed by atoms with Gasteiger partial charge in [0.25, 0.3) is 0 Å². The molecule has 0 aliphatic carbocycles. The van der Waals surface area contributed by atoms with Crippen molar-refractivity contribution in [2.45, 2.75) is 20.8 Å². The van der Waals surface area contributed by atoms with Gasteiger partial charge in [-0.2, -0.15) is 0 Å². The Balaban J connectivity index is 2.57. The molecule has 2 nitrogen and oxygen atoms in total. The Kier molecular flexibility index (Phi) is 3.70. The minimum Gasteiger partial charge on any atom is -0.496 e. The molecule has 0 aromatic heterocycles. The predicted octanol–water partition coefficient (Wildman–Crippen LogP) is 3.85. The van der Waals surface area contributed by atoms with Gasteiger partial charge in [-0.25, -0.2) is 0 Å². The molecule has 0 aliphatic rings. The maximum absolute atomic E-state index is 12.6. The Morgan fingerprint density at radius 1 is 0.895 bits per heavy atom. The summed E-state index contributed by atoms with van der Waals surface area (Å²) in [5.41, 5.74) is 4.47. The first kappa shape index (κ1) is 13.3. The SMILES string of the molecule is COc1c(C(=O)c2ccccc2C)ccc(C)c1C. The molecule has 0 amide bonds. The Hall–Kier alpha value is -2.09. The smallest absolute Gasteiger partial charge is 0.197 e. The van der Waals surface area contributed by atoms with Crippen molar-refractivity contribution in [2.75, 3.05) is 7.11 Å². The molecule has 0 bridgehead atoms. The number of carbonyl (C=O) groups excluding carboxylic acids is 1. The number of rotatable bonds is 3. The zero-order valence-corrected chi connectivity index (χ0v) is 11.8. The van der Waals surface area contributed by atoms with Crippen molar-refractivity contribution in [1.82, 2.24) is 0 Å². The van der Waals surface area contributed by atoms with E-state index in [9.17, 15) is 4.79 Å². The van der Waals surface area contributed by atoms with E-state index in [1.165, 1.54) is 0 Å². The summed E-state index contributed by atoms with van der Waals surface area (Å²) in [7, 11) is 1.61. The molecule has 2 rings (SSSR count). The second kappa shape index (κ2) is 5.27. The molecule has 0 heterocycles. The maximum atomic E-state index is 12.6. The monoisotopic (exact) mass is 254 g/mol. The van der Waals surface area contributed by atoms with E-state index in [0.29, 0.717) is 11.3 Å². The highest BCUT2D eigenvalue weighted by atomic mass is 16.5. The first-order valence-electron chi connectivity index (χ1n) is 6.30. The summed E-state index contributed by atoms with van der Waals surface area (Å²) >= 11 is 0. The lowest BCUT2D eigenvalue weighted by atomic mass is 9.95. The maximum Gasteiger partial charge on any atom is 0.197 e. The van der Waals surface area contributed by atoms with Gasteiger partial charge in [0, 0.05) is 5.56 Å². The summed E-state index contributed by atoms with van der Waals surface area (Å²) in [6.07, 6.45) is 0. The van der Waals surface area contributed by atoms with Gasteiger partial charge in [-0.15, -0.1) is 0 Å². The molecule has 0 radical (unpaired) electrons. The van der Waals surface area contributed by atoms with Crippen molar-refractivity contribution in [2.24, 2.45) is 0 Å². The van der Waals surface area contributed by atoms with Crippen LogP contribution in [0.3, 0.4) is 0 Å². The van der Waals surface area contributed by atoms with Crippen LogP contribution < -0.4 is 4.74 Å². The van der Waals surface area contributed by atoms with Gasteiger partial charge in [0.15, 0.2) is 5.78 Å². The highest BCUT2D eigenvalue weighted by Gasteiger charge is 2.18. The fraction of sp³-hybridized carbons (Fsp3) is 0.235. The van der Waals surface area contributed by atoms with Gasteiger partial charge in [0.05, 0.1) is 12.7 Å². The molecule has 0 fully saturated rings. The van der Waals surface area contributed by atoms with Crippen LogP contribution in [0.5, 0.6) is 5.75 Å². The third-order valence-electron chi connectivity index (χ3n) is 3.52. The lowest BCUT2D eigenvalue weighted by Gasteiger charge is -2.13. The molecule has 0 saturated heterocycles. The molecule has 0 atom stereocenters. The van der Waals surface area contributed by atoms with E-state index >= 15 is 0 Å². The predicted molar refractivity (Wildman–Crippen MR) is 77.1 cm³/mol. The molecule has 0 unspecified atom stereocenters. The highest BCUT2D eigenvalue weighted by Crippen LogP contribution is 2.28. The van der Waals surface area contributed by atoms with Crippen molar-refractivity contribution >= 4 is 5.78 Å². The molecule has 0 N–H and O–H groups in total. The van der Waals surface area contributed by atoms with E-state index in [1.54, 1.807) is 7.11 Å². The molecule has 0 saturated carbocycles. The van der Waals surface area contributed by atoms with Crippen LogP contribution in [0.2, 0.25) is 0 Å². The number of benzene rings is 2. The number of carbonyl (C=O) groups is 1. The Bertz CT molecular complexity index is 627. The third kappa shape index (κ3) is 2.39. The van der Waals surface area contributed by atoms with E-state index in [4.69, 9.17) is 4.74 Å². The van der Waals surface area contributed by atoms with Crippen molar-refractivity contribution in [3.05, 3.63) is 64.2 Å². The molecular weight excluding hydrogens is 236 g/mol. The van der Waals surface area contributed by atoms with Gasteiger partial charge in [0.1, 0.15) is 5.75 Å². The summed E-state index contributed by atoms with van der Waals surface area (Å²) in [6, 6.07) is 11.4. The summed E-state index contributed by atoms with van der Waals surface area (Å²) in [6.45, 7) is 5.93. The van der Waals surface area contributed by atoms with Crippen LogP contribution in [-0.2, 0) is 0 Å². The molecule has 98 valence electrons. The lowest BCUT2D eigenvalue weighted by Crippen LogP contribution is -2.07. The van der Waals surface area contributed by atoms with Crippen LogP contribution in [0.1, 0.15) is 32.6 Å². The molecule has 2 aromatic carbocycles. The number of ether oxygens (including phenoxy) is 1. The number of methoxy groups -OCH3 is 1. The van der Waals surface area contributed by atoms with Crippen LogP contribution >= 0.6 is 0 Å². The average molecular weight is 254 g/mol. The topological polar surface area (TPSA) is 26.3 Å². The van der Waals surface area contributed by atoms with E-state index in [0.717, 1.165) is 22.3 Å². The minimum atomic E-state index is 0.0121. The largest absolute Gasteiger partial charge is 0.496 e. The van der Waals surface area contributed by atoms with E-state index in [-0.39, 0.29) is 5.78 Å². The second-order valence-electron chi connectivity index (χ2n) is 4.73. The molecule has 0 aliphatic heterocycles. The van der Waals surface area contributed by atoms with E-state index in [1.807, 2.05) is 57.2 Å². The molecule has 0 spiro atoms. The fourth-order valence-electron chi connectivity index (χ4n) is 2.20. The number of hydrogen-bond donors (Lipinski definition) is 0. The summed E-state index contributed by atoms with van der Waals surface area (Å²) in [4.78, 5) is 12.6. The van der Waals surface area contributed by atoms with E-state index in [2.05, 4.69) is 0 Å². The molecule has 2 aromatic rings. The number of aryl methyl sites for hydroxylation is 2. The minimum absolute atomic E-state index is 0.0121. The summed E-state index contributed by atoms with van der Waals surface area (Å²) in [5, 5.41) is 0. The van der Waals surface area contributed by atoms with Gasteiger partial charge < -0.3 is 4.74 Å². The van der Waals surface area contributed by atoms with Crippen LogP contribution in [0.4, 0.5) is 0 Å². The molecular formula is C17H18O2. The van der Waals surface area contributed by atoms with Crippen molar-refractivity contribution < 1.29 is 9.53 Å². The fourth-order valence-corrected chi connectivity index (χ4v) is 2.20. The standard InChI is InChI=1S/C17H18O2/c1-11-9-10-15(17(19-4)13(11)3)16(18)14-8-6-5-7-12(14)2/h5-10H,1-4H3. The van der Waals surface area contributed by atoms with Gasteiger partial charge >= 0.3 is 0 Å². The third-order valence-corrected chi connectivity index (χ3v) is 3.52. The number of hydrogen-bond acceptors (Lipinski definition) is 2. The lowest BCUT2D eigenvalue weighted by molar-refractivity contribution is 0.103. The van der Waals surface area contributed by atoms with Crippen molar-refractivity contribution in [1.29, 1.82) is 0 Å². The van der Waals surface area contributed by atoms with Crippen LogP contribution in [0.15, 0.2) is 36.4 Å². The van der Waals surface area contributed by atoms with Gasteiger partial charge in [-0.3, -0.25) is 4.79 Å². The zero-order valence-electron chi connectivity index (χ0n) is 11.8. The number of ketones is 1. The highest BCUT2D eigenvalue weighted by molar-refractivity contribution is 6.11. The Morgan fingerprint density at radius 2 is 1.58 bits per heavy atom. The Morgan fingerprint density at radius 3 is 2.21 bits per heavy atom. The average Bonchev–Trinajstić information content (AvgIpc) is 2.41. The summed E-state index contributed by atoms with van der Waals surface area (Å²) in [5.74, 6) is 0.686. The van der Waals surface area contributed by atoms with Crippen molar-refractivity contribution in [3.8, 4) is 5.75 Å². The zero-order chi connectivity index (χ0) is 14.0. The van der Waals surface area contributed by atoms with E-state index < -0.39 is 0 Å². The Labute approximate surface area is 114 Å².